The largest absolute Gasteiger partial charge is 0.381 e. The number of nitro groups is 1. The maximum Gasteiger partial charge on any atom is 0.269 e. The third-order valence-corrected chi connectivity index (χ3v) is 2.82. The summed E-state index contributed by atoms with van der Waals surface area (Å²) in [5, 5.41) is 13.8. The second-order valence-electron chi connectivity index (χ2n) is 4.24. The second-order valence-corrected chi connectivity index (χ2v) is 4.24. The van der Waals surface area contributed by atoms with Crippen LogP contribution in [0.5, 0.6) is 0 Å². The van der Waals surface area contributed by atoms with E-state index in [0.717, 1.165) is 16.8 Å². The van der Waals surface area contributed by atoms with Crippen LogP contribution in [-0.4, -0.2) is 4.92 Å². The smallest absolute Gasteiger partial charge is 0.269 e. The minimum Gasteiger partial charge on any atom is -0.381 e. The fraction of sp³-hybridized carbons (Fsp3) is 0.143. The lowest BCUT2D eigenvalue weighted by Crippen LogP contribution is -2.01. The lowest BCUT2D eigenvalue weighted by Gasteiger charge is -2.09. The van der Waals surface area contributed by atoms with Crippen molar-refractivity contribution in [3.63, 3.8) is 0 Å². The predicted molar refractivity (Wildman–Crippen MR) is 71.6 cm³/mol. The van der Waals surface area contributed by atoms with E-state index in [1.807, 2.05) is 0 Å². The van der Waals surface area contributed by atoms with E-state index >= 15 is 0 Å². The van der Waals surface area contributed by atoms with Gasteiger partial charge in [0.2, 0.25) is 0 Å². The zero-order valence-electron chi connectivity index (χ0n) is 10.4. The summed E-state index contributed by atoms with van der Waals surface area (Å²) in [4.78, 5) is 10.2. The molecule has 0 saturated carbocycles. The number of rotatable bonds is 4. The molecule has 0 fully saturated rings. The molecule has 0 amide bonds. The van der Waals surface area contributed by atoms with Gasteiger partial charge in [0.1, 0.15) is 5.82 Å². The first kappa shape index (κ1) is 13.0. The molecular weight excluding hydrogens is 247 g/mol. The first-order valence-electron chi connectivity index (χ1n) is 5.79. The van der Waals surface area contributed by atoms with Gasteiger partial charge in [-0.1, -0.05) is 12.1 Å². The van der Waals surface area contributed by atoms with Crippen molar-refractivity contribution < 1.29 is 9.31 Å². The van der Waals surface area contributed by atoms with Gasteiger partial charge >= 0.3 is 0 Å². The van der Waals surface area contributed by atoms with Crippen molar-refractivity contribution in [2.45, 2.75) is 13.5 Å². The highest BCUT2D eigenvalue weighted by Crippen LogP contribution is 2.21. The molecule has 2 rings (SSSR count). The molecule has 0 aliphatic rings. The Morgan fingerprint density at radius 1 is 1.21 bits per heavy atom. The summed E-state index contributed by atoms with van der Waals surface area (Å²) >= 11 is 0. The molecule has 0 unspecified atom stereocenters. The van der Waals surface area contributed by atoms with E-state index in [-0.39, 0.29) is 11.5 Å². The number of anilines is 1. The van der Waals surface area contributed by atoms with Crippen LogP contribution in [0.2, 0.25) is 0 Å². The Balaban J connectivity index is 2.07. The van der Waals surface area contributed by atoms with Crippen LogP contribution in [0.15, 0.2) is 42.5 Å². The number of aryl methyl sites for hydroxylation is 1. The third kappa shape index (κ3) is 3.28. The van der Waals surface area contributed by atoms with Crippen LogP contribution in [0.4, 0.5) is 15.8 Å². The molecule has 19 heavy (non-hydrogen) atoms. The minimum atomic E-state index is -0.420. The van der Waals surface area contributed by atoms with Crippen LogP contribution in [0.1, 0.15) is 11.1 Å². The SMILES string of the molecule is Cc1cc([N+](=O)[O-])ccc1NCc1ccc(F)cc1. The zero-order valence-corrected chi connectivity index (χ0v) is 10.4. The van der Waals surface area contributed by atoms with Crippen molar-refractivity contribution >= 4 is 11.4 Å². The minimum absolute atomic E-state index is 0.0739. The van der Waals surface area contributed by atoms with Crippen molar-refractivity contribution in [2.24, 2.45) is 0 Å². The van der Waals surface area contributed by atoms with E-state index in [9.17, 15) is 14.5 Å². The molecule has 0 radical (unpaired) electrons. The molecule has 0 aliphatic carbocycles. The monoisotopic (exact) mass is 260 g/mol. The van der Waals surface area contributed by atoms with Crippen molar-refractivity contribution in [3.05, 3.63) is 69.5 Å². The lowest BCUT2D eigenvalue weighted by molar-refractivity contribution is -0.384. The molecule has 0 heterocycles. The number of benzene rings is 2. The van der Waals surface area contributed by atoms with Crippen LogP contribution in [0.3, 0.4) is 0 Å². The summed E-state index contributed by atoms with van der Waals surface area (Å²) in [5.41, 5.74) is 2.65. The van der Waals surface area contributed by atoms with Gasteiger partial charge in [-0.05, 0) is 36.2 Å². The summed E-state index contributed by atoms with van der Waals surface area (Å²) in [6.07, 6.45) is 0. The maximum atomic E-state index is 12.7. The Kier molecular flexibility index (Phi) is 3.75. The van der Waals surface area contributed by atoms with Gasteiger partial charge in [-0.15, -0.1) is 0 Å². The van der Waals surface area contributed by atoms with E-state index < -0.39 is 4.92 Å². The number of hydrogen-bond acceptors (Lipinski definition) is 3. The quantitative estimate of drug-likeness (QED) is 0.674. The Hall–Kier alpha value is -2.43. The van der Waals surface area contributed by atoms with Crippen LogP contribution < -0.4 is 5.32 Å². The number of halogens is 1. The van der Waals surface area contributed by atoms with Gasteiger partial charge in [0.15, 0.2) is 0 Å². The fourth-order valence-corrected chi connectivity index (χ4v) is 1.76. The van der Waals surface area contributed by atoms with Crippen LogP contribution >= 0.6 is 0 Å². The van der Waals surface area contributed by atoms with E-state index in [0.29, 0.717) is 6.54 Å². The Labute approximate surface area is 110 Å². The average Bonchev–Trinajstić information content (AvgIpc) is 2.39. The zero-order chi connectivity index (χ0) is 13.8. The molecule has 4 nitrogen and oxygen atoms in total. The number of hydrogen-bond donors (Lipinski definition) is 1. The number of nitrogens with zero attached hydrogens (tertiary/aromatic N) is 1. The van der Waals surface area contributed by atoms with E-state index in [4.69, 9.17) is 0 Å². The second kappa shape index (κ2) is 5.48. The number of nitro benzene ring substituents is 1. The average molecular weight is 260 g/mol. The first-order chi connectivity index (χ1) is 9.06. The van der Waals surface area contributed by atoms with E-state index in [2.05, 4.69) is 5.32 Å². The van der Waals surface area contributed by atoms with Crippen LogP contribution in [-0.2, 0) is 6.54 Å². The van der Waals surface area contributed by atoms with Crippen molar-refractivity contribution in [3.8, 4) is 0 Å². The molecule has 0 aliphatic heterocycles. The van der Waals surface area contributed by atoms with Crippen molar-refractivity contribution in [1.29, 1.82) is 0 Å². The highest BCUT2D eigenvalue weighted by atomic mass is 19.1. The van der Waals surface area contributed by atoms with Gasteiger partial charge in [-0.25, -0.2) is 4.39 Å². The first-order valence-corrected chi connectivity index (χ1v) is 5.79. The van der Waals surface area contributed by atoms with E-state index in [1.54, 1.807) is 25.1 Å². The highest BCUT2D eigenvalue weighted by molar-refractivity contribution is 5.55. The molecule has 5 heteroatoms. The Morgan fingerprint density at radius 3 is 2.47 bits per heavy atom. The summed E-state index contributed by atoms with van der Waals surface area (Å²) in [6.45, 7) is 2.35. The molecule has 0 bridgehead atoms. The van der Waals surface area contributed by atoms with Gasteiger partial charge in [0, 0.05) is 24.4 Å². The van der Waals surface area contributed by atoms with Crippen LogP contribution in [0, 0.1) is 22.9 Å². The standard InChI is InChI=1S/C14H13FN2O2/c1-10-8-13(17(18)19)6-7-14(10)16-9-11-2-4-12(15)5-3-11/h2-8,16H,9H2,1H3. The summed E-state index contributed by atoms with van der Waals surface area (Å²) in [6, 6.07) is 10.9. The molecule has 0 saturated heterocycles. The third-order valence-electron chi connectivity index (χ3n) is 2.82. The maximum absolute atomic E-state index is 12.7. The molecule has 2 aromatic rings. The molecule has 98 valence electrons. The van der Waals surface area contributed by atoms with Gasteiger partial charge in [0.05, 0.1) is 4.92 Å². The topological polar surface area (TPSA) is 55.2 Å². The molecule has 0 spiro atoms. The molecule has 2 aromatic carbocycles. The molecule has 1 N–H and O–H groups in total. The summed E-state index contributed by atoms with van der Waals surface area (Å²) in [7, 11) is 0. The van der Waals surface area contributed by atoms with Crippen LogP contribution in [0.25, 0.3) is 0 Å². The van der Waals surface area contributed by atoms with Gasteiger partial charge in [-0.3, -0.25) is 10.1 Å². The molecule has 0 atom stereocenters. The Morgan fingerprint density at radius 2 is 1.89 bits per heavy atom. The van der Waals surface area contributed by atoms with Crippen molar-refractivity contribution in [1.82, 2.24) is 0 Å². The molecular formula is C14H13FN2O2. The lowest BCUT2D eigenvalue weighted by atomic mass is 10.1. The van der Waals surface area contributed by atoms with Gasteiger partial charge < -0.3 is 5.32 Å². The molecule has 0 aromatic heterocycles. The summed E-state index contributed by atoms with van der Waals surface area (Å²) < 4.78 is 12.7. The van der Waals surface area contributed by atoms with E-state index in [1.165, 1.54) is 24.3 Å². The Bertz CT molecular complexity index is 597. The number of non-ortho nitro benzene ring substituents is 1. The van der Waals surface area contributed by atoms with Gasteiger partial charge in [0.25, 0.3) is 5.69 Å². The highest BCUT2D eigenvalue weighted by Gasteiger charge is 2.07. The summed E-state index contributed by atoms with van der Waals surface area (Å²) in [5.74, 6) is -0.268. The predicted octanol–water partition coefficient (Wildman–Crippen LogP) is 3.65. The number of nitrogens with one attached hydrogen (secondary N) is 1. The fourth-order valence-electron chi connectivity index (χ4n) is 1.76. The van der Waals surface area contributed by atoms with Gasteiger partial charge in [-0.2, -0.15) is 0 Å². The normalized spacial score (nSPS) is 10.2. The van der Waals surface area contributed by atoms with Crippen molar-refractivity contribution in [2.75, 3.05) is 5.32 Å².